The number of pyridine rings is 1. The molecule has 0 saturated heterocycles. The van der Waals surface area contributed by atoms with Crippen molar-refractivity contribution in [2.75, 3.05) is 7.11 Å². The van der Waals surface area contributed by atoms with Crippen molar-refractivity contribution in [1.29, 1.82) is 0 Å². The Hall–Kier alpha value is -1.69. The minimum Gasteiger partial charge on any atom is -0.467 e. The van der Waals surface area contributed by atoms with E-state index in [0.717, 1.165) is 11.2 Å². The third kappa shape index (κ3) is 2.75. The number of rotatable bonds is 4. The largest absolute Gasteiger partial charge is 0.467 e. The maximum absolute atomic E-state index is 12.1. The molecular weight excluding hydrogens is 274 g/mol. The van der Waals surface area contributed by atoms with Gasteiger partial charge in [-0.05, 0) is 43.6 Å². The molecule has 2 heterocycles. The Morgan fingerprint density at radius 2 is 2.20 bits per heavy atom. The standard InChI is InChI=1S/C14H19N3O2S/c1-8(2)7-11(13(18)19-4)17-12-10(16-14(17)20)6-5-9(3)15-12/h5-6,8,11H,7H2,1-4H3,(H,16,20). The van der Waals surface area contributed by atoms with Crippen LogP contribution in [0.3, 0.4) is 0 Å². The highest BCUT2D eigenvalue weighted by molar-refractivity contribution is 7.71. The van der Waals surface area contributed by atoms with Gasteiger partial charge in [-0.3, -0.25) is 4.57 Å². The molecule has 0 bridgehead atoms. The molecule has 0 amide bonds. The maximum atomic E-state index is 12.1. The van der Waals surface area contributed by atoms with Gasteiger partial charge in [-0.25, -0.2) is 9.78 Å². The number of methoxy groups -OCH3 is 1. The summed E-state index contributed by atoms with van der Waals surface area (Å²) in [5.74, 6) is 0.0507. The number of carbonyl (C=O) groups excluding carboxylic acids is 1. The summed E-state index contributed by atoms with van der Waals surface area (Å²) in [6.45, 7) is 6.04. The van der Waals surface area contributed by atoms with Crippen LogP contribution in [0.1, 0.15) is 32.0 Å². The van der Waals surface area contributed by atoms with Crippen LogP contribution in [-0.4, -0.2) is 27.6 Å². The van der Waals surface area contributed by atoms with Crippen molar-refractivity contribution >= 4 is 29.4 Å². The number of imidazole rings is 1. The highest BCUT2D eigenvalue weighted by Crippen LogP contribution is 2.24. The van der Waals surface area contributed by atoms with E-state index in [2.05, 4.69) is 23.8 Å². The van der Waals surface area contributed by atoms with Crippen LogP contribution in [0.5, 0.6) is 0 Å². The summed E-state index contributed by atoms with van der Waals surface area (Å²) in [4.78, 5) is 19.7. The molecule has 0 aliphatic rings. The van der Waals surface area contributed by atoms with Gasteiger partial charge in [0.25, 0.3) is 0 Å². The lowest BCUT2D eigenvalue weighted by Gasteiger charge is -2.18. The third-order valence-corrected chi connectivity index (χ3v) is 3.48. The molecule has 1 N–H and O–H groups in total. The van der Waals surface area contributed by atoms with Crippen molar-refractivity contribution in [1.82, 2.24) is 14.5 Å². The smallest absolute Gasteiger partial charge is 0.329 e. The SMILES string of the molecule is COC(=O)C(CC(C)C)n1c(=S)[nH]c2ccc(C)nc21. The van der Waals surface area contributed by atoms with Gasteiger partial charge in [-0.2, -0.15) is 0 Å². The van der Waals surface area contributed by atoms with Crippen LogP contribution < -0.4 is 0 Å². The number of esters is 1. The van der Waals surface area contributed by atoms with E-state index in [1.807, 2.05) is 19.1 Å². The number of aromatic amines is 1. The second-order valence-electron chi connectivity index (χ2n) is 5.29. The van der Waals surface area contributed by atoms with Crippen molar-refractivity contribution in [2.24, 2.45) is 5.92 Å². The maximum Gasteiger partial charge on any atom is 0.329 e. The zero-order valence-electron chi connectivity index (χ0n) is 12.1. The van der Waals surface area contributed by atoms with Crippen molar-refractivity contribution in [3.05, 3.63) is 22.6 Å². The van der Waals surface area contributed by atoms with Gasteiger partial charge in [-0.15, -0.1) is 0 Å². The van der Waals surface area contributed by atoms with E-state index < -0.39 is 6.04 Å². The predicted octanol–water partition coefficient (Wildman–Crippen LogP) is 3.16. The van der Waals surface area contributed by atoms with Gasteiger partial charge in [0.15, 0.2) is 10.4 Å². The lowest BCUT2D eigenvalue weighted by molar-refractivity contribution is -0.145. The number of hydrogen-bond acceptors (Lipinski definition) is 4. The van der Waals surface area contributed by atoms with E-state index in [1.165, 1.54) is 7.11 Å². The number of nitrogens with one attached hydrogen (secondary N) is 1. The number of ether oxygens (including phenoxy) is 1. The lowest BCUT2D eigenvalue weighted by atomic mass is 10.0. The van der Waals surface area contributed by atoms with Crippen LogP contribution >= 0.6 is 12.2 Å². The first-order valence-electron chi connectivity index (χ1n) is 6.59. The first-order valence-corrected chi connectivity index (χ1v) is 7.00. The molecular formula is C14H19N3O2S. The van der Waals surface area contributed by atoms with Gasteiger partial charge in [0.2, 0.25) is 0 Å². The zero-order valence-corrected chi connectivity index (χ0v) is 13.0. The van der Waals surface area contributed by atoms with Crippen LogP contribution in [0.2, 0.25) is 0 Å². The van der Waals surface area contributed by atoms with Gasteiger partial charge in [0, 0.05) is 5.69 Å². The molecule has 5 nitrogen and oxygen atoms in total. The molecule has 0 aliphatic carbocycles. The van der Waals surface area contributed by atoms with Gasteiger partial charge >= 0.3 is 5.97 Å². The van der Waals surface area contributed by atoms with Crippen molar-refractivity contribution in [3.63, 3.8) is 0 Å². The zero-order chi connectivity index (χ0) is 14.9. The lowest BCUT2D eigenvalue weighted by Crippen LogP contribution is -2.23. The molecule has 0 spiro atoms. The van der Waals surface area contributed by atoms with Crippen LogP contribution in [0.25, 0.3) is 11.2 Å². The molecule has 2 rings (SSSR count). The van der Waals surface area contributed by atoms with Gasteiger partial charge in [0.05, 0.1) is 12.6 Å². The fourth-order valence-electron chi connectivity index (χ4n) is 2.27. The summed E-state index contributed by atoms with van der Waals surface area (Å²) in [7, 11) is 1.40. The van der Waals surface area contributed by atoms with Crippen LogP contribution in [0.15, 0.2) is 12.1 Å². The van der Waals surface area contributed by atoms with Crippen LogP contribution in [0, 0.1) is 17.6 Å². The number of hydrogen-bond donors (Lipinski definition) is 1. The number of carbonyl (C=O) groups is 1. The van der Waals surface area contributed by atoms with E-state index in [1.54, 1.807) is 4.57 Å². The summed E-state index contributed by atoms with van der Waals surface area (Å²) >= 11 is 5.35. The first kappa shape index (κ1) is 14.7. The van der Waals surface area contributed by atoms with E-state index in [-0.39, 0.29) is 5.97 Å². The molecule has 1 atom stereocenters. The summed E-state index contributed by atoms with van der Waals surface area (Å²) in [6.07, 6.45) is 0.656. The normalized spacial score (nSPS) is 12.8. The van der Waals surface area contributed by atoms with Crippen molar-refractivity contribution in [3.8, 4) is 0 Å². The average Bonchev–Trinajstić information content (AvgIpc) is 2.70. The van der Waals surface area contributed by atoms with Crippen LogP contribution in [-0.2, 0) is 9.53 Å². The number of H-pyrrole nitrogens is 1. The fourth-order valence-corrected chi connectivity index (χ4v) is 2.60. The summed E-state index contributed by atoms with van der Waals surface area (Å²) in [5, 5.41) is 0. The van der Waals surface area contributed by atoms with Gasteiger partial charge in [0.1, 0.15) is 6.04 Å². The summed E-state index contributed by atoms with van der Waals surface area (Å²) in [5.41, 5.74) is 2.41. The van der Waals surface area contributed by atoms with E-state index in [0.29, 0.717) is 22.8 Å². The van der Waals surface area contributed by atoms with Gasteiger partial charge < -0.3 is 9.72 Å². The fraction of sp³-hybridized carbons (Fsp3) is 0.500. The molecule has 2 aromatic rings. The first-order chi connectivity index (χ1) is 9.43. The Morgan fingerprint density at radius 3 is 2.80 bits per heavy atom. The summed E-state index contributed by atoms with van der Waals surface area (Å²) in [6, 6.07) is 3.39. The molecule has 6 heteroatoms. The average molecular weight is 293 g/mol. The third-order valence-electron chi connectivity index (χ3n) is 3.18. The van der Waals surface area contributed by atoms with Crippen molar-refractivity contribution in [2.45, 2.75) is 33.2 Å². The Labute approximate surface area is 123 Å². The molecule has 0 fully saturated rings. The second-order valence-corrected chi connectivity index (χ2v) is 5.68. The van der Waals surface area contributed by atoms with E-state index >= 15 is 0 Å². The van der Waals surface area contributed by atoms with Gasteiger partial charge in [-0.1, -0.05) is 13.8 Å². The number of aromatic nitrogens is 3. The second kappa shape index (κ2) is 5.75. The quantitative estimate of drug-likeness (QED) is 0.695. The molecule has 0 aromatic carbocycles. The molecule has 1 unspecified atom stereocenters. The molecule has 0 radical (unpaired) electrons. The number of nitrogens with zero attached hydrogens (tertiary/aromatic N) is 2. The Kier molecular flexibility index (Phi) is 4.23. The molecule has 0 aliphatic heterocycles. The molecule has 2 aromatic heterocycles. The highest BCUT2D eigenvalue weighted by atomic mass is 32.1. The number of fused-ring (bicyclic) bond motifs is 1. The Morgan fingerprint density at radius 1 is 1.50 bits per heavy atom. The number of aryl methyl sites for hydroxylation is 1. The summed E-state index contributed by atoms with van der Waals surface area (Å²) < 4.78 is 7.19. The van der Waals surface area contributed by atoms with Crippen molar-refractivity contribution < 1.29 is 9.53 Å². The molecule has 0 saturated carbocycles. The Bertz CT molecular complexity index is 687. The molecule has 108 valence electrons. The minimum absolute atomic E-state index is 0.293. The van der Waals surface area contributed by atoms with E-state index in [4.69, 9.17) is 17.0 Å². The highest BCUT2D eigenvalue weighted by Gasteiger charge is 2.25. The predicted molar refractivity (Wildman–Crippen MR) is 80.2 cm³/mol. The van der Waals surface area contributed by atoms with Crippen LogP contribution in [0.4, 0.5) is 0 Å². The minimum atomic E-state index is -0.449. The topological polar surface area (TPSA) is 59.9 Å². The monoisotopic (exact) mass is 293 g/mol. The molecule has 20 heavy (non-hydrogen) atoms. The Balaban J connectivity index is 2.63. The van der Waals surface area contributed by atoms with E-state index in [9.17, 15) is 4.79 Å².